The Morgan fingerprint density at radius 2 is 2.09 bits per heavy atom. The maximum Gasteiger partial charge on any atom is 0.416 e. The summed E-state index contributed by atoms with van der Waals surface area (Å²) in [5.41, 5.74) is -0.0482. The molecule has 0 amide bonds. The van der Waals surface area contributed by atoms with E-state index in [4.69, 9.17) is 0 Å². The second-order valence-electron chi connectivity index (χ2n) is 5.82. The predicted octanol–water partition coefficient (Wildman–Crippen LogP) is 2.71. The van der Waals surface area contributed by atoms with Crippen molar-refractivity contribution in [2.45, 2.75) is 31.3 Å². The highest BCUT2D eigenvalue weighted by atomic mass is 19.4. The Bertz CT molecular complexity index is 642. The predicted molar refractivity (Wildman–Crippen MR) is 78.6 cm³/mol. The maximum absolute atomic E-state index is 12.9. The van der Waals surface area contributed by atoms with Gasteiger partial charge in [-0.1, -0.05) is 12.1 Å². The quantitative estimate of drug-likeness (QED) is 0.940. The fourth-order valence-corrected chi connectivity index (χ4v) is 3.06. The lowest BCUT2D eigenvalue weighted by molar-refractivity contribution is -0.137. The molecule has 0 aliphatic carbocycles. The van der Waals surface area contributed by atoms with Gasteiger partial charge in [-0.3, -0.25) is 4.90 Å². The second kappa shape index (κ2) is 6.33. The summed E-state index contributed by atoms with van der Waals surface area (Å²) in [5, 5.41) is 9.93. The topological polar surface area (TPSA) is 41.3 Å². The molecule has 0 radical (unpaired) electrons. The van der Waals surface area contributed by atoms with E-state index < -0.39 is 17.8 Å². The summed E-state index contributed by atoms with van der Waals surface area (Å²) >= 11 is 0. The Morgan fingerprint density at radius 1 is 1.26 bits per heavy atom. The van der Waals surface area contributed by atoms with Crippen molar-refractivity contribution in [3.8, 4) is 0 Å². The van der Waals surface area contributed by atoms with Crippen LogP contribution in [0.2, 0.25) is 0 Å². The van der Waals surface area contributed by atoms with Crippen LogP contribution in [-0.4, -0.2) is 38.8 Å². The molecule has 1 aliphatic rings. The first kappa shape index (κ1) is 16.0. The van der Waals surface area contributed by atoms with E-state index in [1.165, 1.54) is 12.1 Å². The van der Waals surface area contributed by atoms with E-state index in [1.807, 2.05) is 15.7 Å². The summed E-state index contributed by atoms with van der Waals surface area (Å²) in [7, 11) is 0. The Labute approximate surface area is 132 Å². The third-order valence-electron chi connectivity index (χ3n) is 4.18. The van der Waals surface area contributed by atoms with Crippen LogP contribution in [0.5, 0.6) is 0 Å². The third-order valence-corrected chi connectivity index (χ3v) is 4.18. The zero-order valence-electron chi connectivity index (χ0n) is 12.4. The first-order valence-electron chi connectivity index (χ1n) is 7.48. The van der Waals surface area contributed by atoms with Gasteiger partial charge in [-0.05, 0) is 24.1 Å². The fourth-order valence-electron chi connectivity index (χ4n) is 3.06. The number of aliphatic hydroxyl groups is 1. The van der Waals surface area contributed by atoms with Gasteiger partial charge in [0, 0.05) is 38.1 Å². The smallest absolute Gasteiger partial charge is 0.392 e. The van der Waals surface area contributed by atoms with E-state index in [1.54, 1.807) is 18.6 Å². The number of hydrogen-bond donors (Lipinski definition) is 1. The highest BCUT2D eigenvalue weighted by molar-refractivity contribution is 5.29. The van der Waals surface area contributed by atoms with Crippen molar-refractivity contribution in [3.63, 3.8) is 0 Å². The molecule has 1 aliphatic heterocycles. The first-order valence-corrected chi connectivity index (χ1v) is 7.48. The molecule has 1 N–H and O–H groups in total. The molecular weight excluding hydrogens is 307 g/mol. The van der Waals surface area contributed by atoms with Crippen molar-refractivity contribution in [1.29, 1.82) is 0 Å². The molecule has 3 rings (SSSR count). The summed E-state index contributed by atoms with van der Waals surface area (Å²) in [6.07, 6.45) is 0.804. The van der Waals surface area contributed by atoms with Crippen LogP contribution in [0, 0.1) is 0 Å². The third kappa shape index (κ3) is 3.73. The van der Waals surface area contributed by atoms with Crippen LogP contribution in [-0.2, 0) is 12.7 Å². The summed E-state index contributed by atoms with van der Waals surface area (Å²) in [5.74, 6) is 0. The fraction of sp³-hybridized carbons (Fsp3) is 0.438. The molecule has 0 saturated carbocycles. The van der Waals surface area contributed by atoms with Crippen molar-refractivity contribution in [2.24, 2.45) is 0 Å². The number of aromatic nitrogens is 2. The Balaban J connectivity index is 1.76. The number of likely N-dealkylation sites (tertiary alicyclic amines) is 1. The van der Waals surface area contributed by atoms with Gasteiger partial charge in [-0.2, -0.15) is 13.2 Å². The van der Waals surface area contributed by atoms with Gasteiger partial charge < -0.3 is 9.67 Å². The monoisotopic (exact) mass is 325 g/mol. The van der Waals surface area contributed by atoms with Crippen LogP contribution in [0.15, 0.2) is 43.0 Å². The zero-order chi connectivity index (χ0) is 16.4. The number of benzene rings is 1. The average Bonchev–Trinajstić information content (AvgIpc) is 3.13. The standard InChI is InChI=1S/C16H18F3N3O/c17-16(18,19)13-3-1-2-12(8-13)15-9-14(23)10-22(15)7-6-21-5-4-20-11-21/h1-5,8,11,14-15,23H,6-7,9-10H2. The maximum atomic E-state index is 12.9. The first-order chi connectivity index (χ1) is 10.9. The number of imidazole rings is 1. The number of β-amino-alcohol motifs (C(OH)–C–C–N with tert-alkyl or cyclic N) is 1. The molecule has 0 spiro atoms. The molecule has 124 valence electrons. The van der Waals surface area contributed by atoms with E-state index >= 15 is 0 Å². The number of alkyl halides is 3. The van der Waals surface area contributed by atoms with Crippen LogP contribution in [0.25, 0.3) is 0 Å². The van der Waals surface area contributed by atoms with Gasteiger partial charge in [-0.25, -0.2) is 4.98 Å². The molecule has 1 fully saturated rings. The van der Waals surface area contributed by atoms with Crippen LogP contribution in [0.1, 0.15) is 23.6 Å². The number of nitrogens with zero attached hydrogens (tertiary/aromatic N) is 3. The lowest BCUT2D eigenvalue weighted by atomic mass is 10.0. The molecule has 2 unspecified atom stereocenters. The van der Waals surface area contributed by atoms with Crippen molar-refractivity contribution >= 4 is 0 Å². The van der Waals surface area contributed by atoms with Gasteiger partial charge in [0.15, 0.2) is 0 Å². The number of rotatable bonds is 4. The Hall–Kier alpha value is -1.86. The van der Waals surface area contributed by atoms with Gasteiger partial charge in [0.05, 0.1) is 18.0 Å². The minimum absolute atomic E-state index is 0.198. The summed E-state index contributed by atoms with van der Waals surface area (Å²) in [6.45, 7) is 1.80. The number of hydrogen-bond acceptors (Lipinski definition) is 3. The van der Waals surface area contributed by atoms with Crippen LogP contribution < -0.4 is 0 Å². The Kier molecular flexibility index (Phi) is 4.41. The number of halogens is 3. The lowest BCUT2D eigenvalue weighted by Gasteiger charge is -2.25. The van der Waals surface area contributed by atoms with Gasteiger partial charge in [0.1, 0.15) is 0 Å². The SMILES string of the molecule is OC1CC(c2cccc(C(F)(F)F)c2)N(CCn2ccnc2)C1. The van der Waals surface area contributed by atoms with Crippen LogP contribution >= 0.6 is 0 Å². The Morgan fingerprint density at radius 3 is 2.78 bits per heavy atom. The van der Waals surface area contributed by atoms with Gasteiger partial charge in [0.2, 0.25) is 0 Å². The molecule has 1 saturated heterocycles. The molecule has 0 bridgehead atoms. The van der Waals surface area contributed by atoms with Gasteiger partial charge in [-0.15, -0.1) is 0 Å². The van der Waals surface area contributed by atoms with E-state index in [9.17, 15) is 18.3 Å². The van der Waals surface area contributed by atoms with Crippen molar-refractivity contribution in [1.82, 2.24) is 14.5 Å². The molecule has 4 nitrogen and oxygen atoms in total. The van der Waals surface area contributed by atoms with Crippen LogP contribution in [0.4, 0.5) is 13.2 Å². The zero-order valence-corrected chi connectivity index (χ0v) is 12.4. The highest BCUT2D eigenvalue weighted by Gasteiger charge is 2.34. The molecule has 23 heavy (non-hydrogen) atoms. The minimum atomic E-state index is -4.35. The lowest BCUT2D eigenvalue weighted by Crippen LogP contribution is -2.28. The largest absolute Gasteiger partial charge is 0.416 e. The van der Waals surface area contributed by atoms with E-state index in [0.717, 1.165) is 6.07 Å². The normalized spacial score (nSPS) is 22.6. The molecule has 7 heteroatoms. The summed E-state index contributed by atoms with van der Waals surface area (Å²) < 4.78 is 40.6. The van der Waals surface area contributed by atoms with Crippen LogP contribution in [0.3, 0.4) is 0 Å². The molecule has 2 heterocycles. The second-order valence-corrected chi connectivity index (χ2v) is 5.82. The van der Waals surface area contributed by atoms with E-state index in [2.05, 4.69) is 4.98 Å². The molecule has 1 aromatic carbocycles. The average molecular weight is 325 g/mol. The van der Waals surface area contributed by atoms with E-state index in [0.29, 0.717) is 31.6 Å². The van der Waals surface area contributed by atoms with Gasteiger partial charge in [0.25, 0.3) is 0 Å². The van der Waals surface area contributed by atoms with Gasteiger partial charge >= 0.3 is 6.18 Å². The molecule has 1 aromatic heterocycles. The minimum Gasteiger partial charge on any atom is -0.392 e. The summed E-state index contributed by atoms with van der Waals surface area (Å²) in [4.78, 5) is 6.00. The molecule has 2 aromatic rings. The highest BCUT2D eigenvalue weighted by Crippen LogP contribution is 2.36. The molecular formula is C16H18F3N3O. The number of aliphatic hydroxyl groups excluding tert-OH is 1. The van der Waals surface area contributed by atoms with Crippen molar-refractivity contribution in [3.05, 3.63) is 54.1 Å². The van der Waals surface area contributed by atoms with E-state index in [-0.39, 0.29) is 6.04 Å². The summed E-state index contributed by atoms with van der Waals surface area (Å²) in [6, 6.07) is 5.19. The van der Waals surface area contributed by atoms with Crippen molar-refractivity contribution in [2.75, 3.05) is 13.1 Å². The molecule has 2 atom stereocenters. The van der Waals surface area contributed by atoms with Crippen molar-refractivity contribution < 1.29 is 18.3 Å².